The van der Waals surface area contributed by atoms with E-state index in [4.69, 9.17) is 5.73 Å². The van der Waals surface area contributed by atoms with Gasteiger partial charge in [-0.3, -0.25) is 29.7 Å². The Morgan fingerprint density at radius 3 is 1.57 bits per heavy atom. The quantitative estimate of drug-likeness (QED) is 0.334. The van der Waals surface area contributed by atoms with Crippen molar-refractivity contribution in [3.63, 3.8) is 0 Å². The fourth-order valence-corrected chi connectivity index (χ4v) is 2.90. The van der Waals surface area contributed by atoms with Crippen molar-refractivity contribution < 1.29 is 4.79 Å². The predicted octanol–water partition coefficient (Wildman–Crippen LogP) is 4.76. The van der Waals surface area contributed by atoms with Crippen molar-refractivity contribution in [3.05, 3.63) is 118 Å². The number of carbonyl (C=O) groups is 1. The summed E-state index contributed by atoms with van der Waals surface area (Å²) in [5, 5.41) is 0. The van der Waals surface area contributed by atoms with Gasteiger partial charge >= 0.3 is 0 Å². The molecule has 7 heteroatoms. The third-order valence-corrected chi connectivity index (χ3v) is 4.52. The van der Waals surface area contributed by atoms with E-state index < -0.39 is 0 Å². The highest BCUT2D eigenvalue weighted by Crippen LogP contribution is 2.01. The largest absolute Gasteiger partial charge is 0.325 e. The molecule has 0 atom stereocenters. The molecule has 4 heterocycles. The molecule has 0 aliphatic carbocycles. The van der Waals surface area contributed by atoms with Crippen LogP contribution in [0.3, 0.4) is 0 Å². The average molecular weight is 469 g/mol. The van der Waals surface area contributed by atoms with Crippen LogP contribution >= 0.6 is 0 Å². The van der Waals surface area contributed by atoms with Crippen molar-refractivity contribution >= 4 is 12.5 Å². The van der Waals surface area contributed by atoms with Crippen molar-refractivity contribution in [2.24, 2.45) is 10.7 Å². The van der Waals surface area contributed by atoms with Gasteiger partial charge in [-0.1, -0.05) is 24.3 Å². The number of hydrogen-bond donors (Lipinski definition) is 1. The van der Waals surface area contributed by atoms with E-state index in [9.17, 15) is 4.79 Å². The summed E-state index contributed by atoms with van der Waals surface area (Å²) in [7, 11) is 0. The second kappa shape index (κ2) is 14.9. The summed E-state index contributed by atoms with van der Waals surface area (Å²) in [6.07, 6.45) is 2.53. The van der Waals surface area contributed by atoms with Gasteiger partial charge in [0.15, 0.2) is 6.29 Å². The molecule has 0 aliphatic rings. The highest BCUT2D eigenvalue weighted by Gasteiger charge is 1.93. The molecule has 0 amide bonds. The smallest absolute Gasteiger partial charge is 0.168 e. The summed E-state index contributed by atoms with van der Waals surface area (Å²) in [5.74, 6) is 0. The van der Waals surface area contributed by atoms with Gasteiger partial charge in [0.2, 0.25) is 0 Å². The Bertz CT molecular complexity index is 1240. The summed E-state index contributed by atoms with van der Waals surface area (Å²) in [5.41, 5.74) is 12.6. The lowest BCUT2D eigenvalue weighted by atomic mass is 10.3. The number of carbonyl (C=O) groups excluding carboxylic acids is 1. The lowest BCUT2D eigenvalue weighted by Gasteiger charge is -1.97. The van der Waals surface area contributed by atoms with Gasteiger partial charge in [0.1, 0.15) is 5.69 Å². The number of rotatable bonds is 5. The Kier molecular flexibility index (Phi) is 11.6. The lowest BCUT2D eigenvalue weighted by Crippen LogP contribution is -1.99. The van der Waals surface area contributed by atoms with Crippen LogP contribution in [0.5, 0.6) is 0 Å². The molecular formula is C28H32N6O. The van der Waals surface area contributed by atoms with Crippen LogP contribution in [0.15, 0.2) is 77.8 Å². The maximum absolute atomic E-state index is 10.1. The van der Waals surface area contributed by atoms with Crippen LogP contribution in [0.1, 0.15) is 50.3 Å². The number of aldehydes is 1. The van der Waals surface area contributed by atoms with Gasteiger partial charge in [0, 0.05) is 35.5 Å². The minimum atomic E-state index is 0.495. The van der Waals surface area contributed by atoms with Gasteiger partial charge in [-0.05, 0) is 76.2 Å². The van der Waals surface area contributed by atoms with Crippen molar-refractivity contribution in [1.29, 1.82) is 0 Å². The summed E-state index contributed by atoms with van der Waals surface area (Å²) >= 11 is 0. The first kappa shape index (κ1) is 27.1. The van der Waals surface area contributed by atoms with Gasteiger partial charge in [-0.25, -0.2) is 0 Å². The second-order valence-corrected chi connectivity index (χ2v) is 7.74. The molecule has 35 heavy (non-hydrogen) atoms. The SMILES string of the molecule is Cc1cccc(C=NCc2cccc(C)n2)n1.Cc1cccc(C=O)n1.Cc1cccc(CN)n1. The average Bonchev–Trinajstić information content (AvgIpc) is 2.85. The zero-order chi connectivity index (χ0) is 25.5. The Balaban J connectivity index is 0.000000203. The Morgan fingerprint density at radius 1 is 0.657 bits per heavy atom. The van der Waals surface area contributed by atoms with E-state index in [0.29, 0.717) is 18.8 Å². The highest BCUT2D eigenvalue weighted by molar-refractivity contribution is 5.76. The van der Waals surface area contributed by atoms with Crippen molar-refractivity contribution in [2.45, 2.75) is 40.8 Å². The number of nitrogens with zero attached hydrogens (tertiary/aromatic N) is 5. The van der Waals surface area contributed by atoms with Crippen molar-refractivity contribution in [2.75, 3.05) is 0 Å². The highest BCUT2D eigenvalue weighted by atomic mass is 16.1. The number of hydrogen-bond acceptors (Lipinski definition) is 7. The zero-order valence-electron chi connectivity index (χ0n) is 20.7. The molecule has 7 nitrogen and oxygen atoms in total. The van der Waals surface area contributed by atoms with Crippen LogP contribution < -0.4 is 5.73 Å². The van der Waals surface area contributed by atoms with Crippen LogP contribution in [0.4, 0.5) is 0 Å². The molecule has 0 saturated carbocycles. The fourth-order valence-electron chi connectivity index (χ4n) is 2.90. The molecule has 0 aromatic carbocycles. The molecule has 0 radical (unpaired) electrons. The summed E-state index contributed by atoms with van der Waals surface area (Å²) in [6.45, 7) is 8.89. The molecule has 180 valence electrons. The van der Waals surface area contributed by atoms with E-state index in [1.165, 1.54) is 0 Å². The number of aromatic nitrogens is 4. The maximum Gasteiger partial charge on any atom is 0.168 e. The van der Waals surface area contributed by atoms with Gasteiger partial charge in [0.25, 0.3) is 0 Å². The topological polar surface area (TPSA) is 107 Å². The second-order valence-electron chi connectivity index (χ2n) is 7.74. The first-order chi connectivity index (χ1) is 16.9. The standard InChI is InChI=1S/C14H15N3.C7H10N2.C7H7NO/c1-11-5-3-7-13(16-11)9-15-10-14-8-4-6-12(2)17-14;1-6-3-2-4-7(5-8)9-6;1-6-3-2-4-7(5-9)8-6/h3-9H,10H2,1-2H3;2-4H,5,8H2,1H3;2-5H,1H3. The molecule has 0 spiro atoms. The molecule has 4 aromatic heterocycles. The van der Waals surface area contributed by atoms with Crippen LogP contribution in [0.2, 0.25) is 0 Å². The number of aliphatic imine (C=N–C) groups is 1. The molecule has 0 saturated heterocycles. The third-order valence-electron chi connectivity index (χ3n) is 4.52. The molecule has 0 aliphatic heterocycles. The minimum Gasteiger partial charge on any atom is -0.325 e. The summed E-state index contributed by atoms with van der Waals surface area (Å²) in [6, 6.07) is 23.0. The predicted molar refractivity (Wildman–Crippen MR) is 140 cm³/mol. The third kappa shape index (κ3) is 11.0. The Hall–Kier alpha value is -4.10. The minimum absolute atomic E-state index is 0.495. The van der Waals surface area contributed by atoms with E-state index in [2.05, 4.69) is 24.9 Å². The number of pyridine rings is 4. The van der Waals surface area contributed by atoms with Gasteiger partial charge in [-0.15, -0.1) is 0 Å². The van der Waals surface area contributed by atoms with Gasteiger partial charge in [-0.2, -0.15) is 0 Å². The Labute approximate surface area is 207 Å². The zero-order valence-corrected chi connectivity index (χ0v) is 20.7. The van der Waals surface area contributed by atoms with Crippen molar-refractivity contribution in [1.82, 2.24) is 19.9 Å². The molecule has 0 unspecified atom stereocenters. The van der Waals surface area contributed by atoms with E-state index in [1.807, 2.05) is 94.4 Å². The van der Waals surface area contributed by atoms with E-state index >= 15 is 0 Å². The monoisotopic (exact) mass is 468 g/mol. The summed E-state index contributed by atoms with van der Waals surface area (Å²) in [4.78, 5) is 31.3. The molecule has 0 fully saturated rings. The van der Waals surface area contributed by atoms with Crippen LogP contribution in [-0.4, -0.2) is 32.4 Å². The van der Waals surface area contributed by atoms with Crippen LogP contribution in [0.25, 0.3) is 0 Å². The van der Waals surface area contributed by atoms with Crippen molar-refractivity contribution in [3.8, 4) is 0 Å². The first-order valence-electron chi connectivity index (χ1n) is 11.3. The van der Waals surface area contributed by atoms with E-state index in [0.717, 1.165) is 46.1 Å². The van der Waals surface area contributed by atoms with Crippen LogP contribution in [-0.2, 0) is 13.1 Å². The molecule has 2 N–H and O–H groups in total. The number of aryl methyl sites for hydroxylation is 4. The van der Waals surface area contributed by atoms with Gasteiger partial charge < -0.3 is 5.73 Å². The molecule has 0 bridgehead atoms. The normalized spacial score (nSPS) is 10.1. The Morgan fingerprint density at radius 2 is 1.11 bits per heavy atom. The maximum atomic E-state index is 10.1. The summed E-state index contributed by atoms with van der Waals surface area (Å²) < 4.78 is 0. The van der Waals surface area contributed by atoms with E-state index in [-0.39, 0.29) is 0 Å². The van der Waals surface area contributed by atoms with Gasteiger partial charge in [0.05, 0.1) is 23.6 Å². The molecule has 4 rings (SSSR count). The lowest BCUT2D eigenvalue weighted by molar-refractivity contribution is 0.111. The fraction of sp³-hybridized carbons (Fsp3) is 0.214. The molecular weight excluding hydrogens is 436 g/mol. The van der Waals surface area contributed by atoms with Crippen LogP contribution in [0, 0.1) is 27.7 Å². The molecule has 4 aromatic rings. The first-order valence-corrected chi connectivity index (χ1v) is 11.3. The van der Waals surface area contributed by atoms with E-state index in [1.54, 1.807) is 12.3 Å². The number of nitrogens with two attached hydrogens (primary N) is 1.